The predicted octanol–water partition coefficient (Wildman–Crippen LogP) is 2.64. The van der Waals surface area contributed by atoms with E-state index in [1.165, 1.54) is 0 Å². The summed E-state index contributed by atoms with van der Waals surface area (Å²) >= 11 is 9.43. The van der Waals surface area contributed by atoms with Gasteiger partial charge in [0.25, 0.3) is 0 Å². The number of nitrogens with one attached hydrogen (secondary N) is 1. The molecule has 1 unspecified atom stereocenters. The van der Waals surface area contributed by atoms with Gasteiger partial charge in [-0.2, -0.15) is 0 Å². The fourth-order valence-corrected chi connectivity index (χ4v) is 2.10. The molecule has 0 aliphatic carbocycles. The van der Waals surface area contributed by atoms with Crippen molar-refractivity contribution in [3.05, 3.63) is 51.6 Å². The van der Waals surface area contributed by atoms with Gasteiger partial charge < -0.3 is 4.42 Å². The number of nitrogens with two attached hydrogens (primary N) is 1. The van der Waals surface area contributed by atoms with Crippen LogP contribution in [0.3, 0.4) is 0 Å². The molecule has 16 heavy (non-hydrogen) atoms. The molecule has 2 aromatic heterocycles. The van der Waals surface area contributed by atoms with Crippen molar-refractivity contribution in [3.63, 3.8) is 0 Å². The lowest BCUT2D eigenvalue weighted by Gasteiger charge is -2.15. The third-order valence-corrected chi connectivity index (χ3v) is 3.16. The first-order valence-electron chi connectivity index (χ1n) is 4.52. The van der Waals surface area contributed by atoms with E-state index in [-0.39, 0.29) is 6.04 Å². The summed E-state index contributed by atoms with van der Waals surface area (Å²) in [5, 5.41) is 0.536. The number of hydrogen-bond acceptors (Lipinski definition) is 4. The number of halogens is 2. The topological polar surface area (TPSA) is 64.1 Å². The average Bonchev–Trinajstić information content (AvgIpc) is 2.69. The molecular formula is C10H9BrClN3O. The molecule has 2 aromatic rings. The van der Waals surface area contributed by atoms with E-state index in [9.17, 15) is 0 Å². The van der Waals surface area contributed by atoms with Crippen LogP contribution in [-0.2, 0) is 0 Å². The molecule has 4 nitrogen and oxygen atoms in total. The molecule has 3 N–H and O–H groups in total. The highest BCUT2D eigenvalue weighted by molar-refractivity contribution is 9.10. The molecule has 0 fully saturated rings. The van der Waals surface area contributed by atoms with E-state index in [1.807, 2.05) is 0 Å². The lowest BCUT2D eigenvalue weighted by Crippen LogP contribution is -2.29. The van der Waals surface area contributed by atoms with Gasteiger partial charge in [0.1, 0.15) is 11.8 Å². The van der Waals surface area contributed by atoms with Crippen LogP contribution in [0.2, 0.25) is 5.02 Å². The molecule has 2 rings (SSSR count). The summed E-state index contributed by atoms with van der Waals surface area (Å²) in [5.74, 6) is 6.20. The van der Waals surface area contributed by atoms with E-state index in [2.05, 4.69) is 26.3 Å². The molecule has 0 aliphatic heterocycles. The Hall–Kier alpha value is -0.880. The van der Waals surface area contributed by atoms with Crippen LogP contribution < -0.4 is 11.3 Å². The van der Waals surface area contributed by atoms with Crippen molar-refractivity contribution >= 4 is 27.5 Å². The number of nitrogens with zero attached hydrogens (tertiary/aromatic N) is 1. The van der Waals surface area contributed by atoms with Gasteiger partial charge in [-0.25, -0.2) is 5.43 Å². The molecule has 0 aliphatic rings. The van der Waals surface area contributed by atoms with Crippen molar-refractivity contribution in [2.45, 2.75) is 6.04 Å². The van der Waals surface area contributed by atoms with E-state index in [0.29, 0.717) is 10.8 Å². The van der Waals surface area contributed by atoms with Crippen LogP contribution in [0, 0.1) is 0 Å². The van der Waals surface area contributed by atoms with Crippen molar-refractivity contribution < 1.29 is 4.42 Å². The zero-order valence-corrected chi connectivity index (χ0v) is 10.5. The van der Waals surface area contributed by atoms with Crippen LogP contribution in [0.4, 0.5) is 0 Å². The Morgan fingerprint density at radius 1 is 1.50 bits per heavy atom. The standard InChI is InChI=1S/C10H9BrClN3O/c11-7-2-4-16-10(7)9(15-13)6-1-3-14-5-8(6)12/h1-5,9,15H,13H2. The van der Waals surface area contributed by atoms with Gasteiger partial charge in [0.2, 0.25) is 0 Å². The molecule has 2 heterocycles. The Labute approximate surface area is 106 Å². The number of aromatic nitrogens is 1. The van der Waals surface area contributed by atoms with Crippen LogP contribution in [0.5, 0.6) is 0 Å². The fourth-order valence-electron chi connectivity index (χ4n) is 1.44. The molecular weight excluding hydrogens is 293 g/mol. The molecule has 84 valence electrons. The Balaban J connectivity index is 2.45. The second kappa shape index (κ2) is 4.97. The maximum absolute atomic E-state index is 6.05. The Morgan fingerprint density at radius 2 is 2.31 bits per heavy atom. The number of furan rings is 1. The maximum atomic E-state index is 6.05. The molecule has 0 aromatic carbocycles. The predicted molar refractivity (Wildman–Crippen MR) is 64.8 cm³/mol. The van der Waals surface area contributed by atoms with Gasteiger partial charge in [-0.1, -0.05) is 11.6 Å². The minimum Gasteiger partial charge on any atom is -0.466 e. The first-order valence-corrected chi connectivity index (χ1v) is 5.69. The molecule has 6 heteroatoms. The van der Waals surface area contributed by atoms with Gasteiger partial charge in [-0.15, -0.1) is 0 Å². The van der Waals surface area contributed by atoms with E-state index in [0.717, 1.165) is 10.0 Å². The molecule has 0 bridgehead atoms. The third-order valence-electron chi connectivity index (χ3n) is 2.19. The van der Waals surface area contributed by atoms with Crippen molar-refractivity contribution in [2.24, 2.45) is 5.84 Å². The van der Waals surface area contributed by atoms with E-state index in [4.69, 9.17) is 21.9 Å². The van der Waals surface area contributed by atoms with E-state index < -0.39 is 0 Å². The Bertz CT molecular complexity index is 488. The lowest BCUT2D eigenvalue weighted by atomic mass is 10.1. The van der Waals surface area contributed by atoms with Crippen LogP contribution in [0.1, 0.15) is 17.4 Å². The van der Waals surface area contributed by atoms with Crippen molar-refractivity contribution in [1.82, 2.24) is 10.4 Å². The van der Waals surface area contributed by atoms with Crippen LogP contribution in [0.15, 0.2) is 39.7 Å². The highest BCUT2D eigenvalue weighted by Crippen LogP contribution is 2.31. The number of hydrazine groups is 1. The summed E-state index contributed by atoms with van der Waals surface area (Å²) in [6.45, 7) is 0. The van der Waals surface area contributed by atoms with E-state index in [1.54, 1.807) is 30.8 Å². The zero-order valence-electron chi connectivity index (χ0n) is 8.15. The van der Waals surface area contributed by atoms with Crippen molar-refractivity contribution in [2.75, 3.05) is 0 Å². The zero-order chi connectivity index (χ0) is 11.5. The SMILES string of the molecule is NNC(c1ccncc1Cl)c1occc1Br. The van der Waals surface area contributed by atoms with Gasteiger partial charge in [0.05, 0.1) is 15.8 Å². The van der Waals surface area contributed by atoms with Crippen LogP contribution in [-0.4, -0.2) is 4.98 Å². The highest BCUT2D eigenvalue weighted by Gasteiger charge is 2.20. The molecule has 0 amide bonds. The summed E-state index contributed by atoms with van der Waals surface area (Å²) in [5.41, 5.74) is 3.48. The van der Waals surface area contributed by atoms with Gasteiger partial charge in [0.15, 0.2) is 0 Å². The monoisotopic (exact) mass is 301 g/mol. The maximum Gasteiger partial charge on any atom is 0.140 e. The minimum absolute atomic E-state index is 0.306. The molecule has 0 saturated heterocycles. The second-order valence-electron chi connectivity index (χ2n) is 3.13. The van der Waals surface area contributed by atoms with Gasteiger partial charge in [0, 0.05) is 12.4 Å². The average molecular weight is 303 g/mol. The van der Waals surface area contributed by atoms with Crippen LogP contribution >= 0.6 is 27.5 Å². The smallest absolute Gasteiger partial charge is 0.140 e. The minimum atomic E-state index is -0.306. The lowest BCUT2D eigenvalue weighted by molar-refractivity contribution is 0.449. The fraction of sp³-hybridized carbons (Fsp3) is 0.100. The largest absolute Gasteiger partial charge is 0.466 e. The van der Waals surface area contributed by atoms with Crippen molar-refractivity contribution in [3.8, 4) is 0 Å². The summed E-state index contributed by atoms with van der Waals surface area (Å²) in [6.07, 6.45) is 4.80. The number of pyridine rings is 1. The molecule has 0 saturated carbocycles. The normalized spacial score (nSPS) is 12.7. The molecule has 1 atom stereocenters. The summed E-state index contributed by atoms with van der Waals surface area (Å²) in [7, 11) is 0. The van der Waals surface area contributed by atoms with Gasteiger partial charge >= 0.3 is 0 Å². The molecule has 0 spiro atoms. The van der Waals surface area contributed by atoms with Crippen molar-refractivity contribution in [1.29, 1.82) is 0 Å². The Morgan fingerprint density at radius 3 is 2.88 bits per heavy atom. The second-order valence-corrected chi connectivity index (χ2v) is 4.39. The molecule has 0 radical (unpaired) electrons. The van der Waals surface area contributed by atoms with Gasteiger partial charge in [-0.3, -0.25) is 10.8 Å². The Kier molecular flexibility index (Phi) is 3.60. The highest BCUT2D eigenvalue weighted by atomic mass is 79.9. The first kappa shape index (κ1) is 11.6. The summed E-state index contributed by atoms with van der Waals surface area (Å²) in [4.78, 5) is 3.92. The van der Waals surface area contributed by atoms with Gasteiger partial charge in [-0.05, 0) is 33.6 Å². The summed E-state index contributed by atoms with van der Waals surface area (Å²) in [6, 6.07) is 3.29. The third kappa shape index (κ3) is 2.12. The summed E-state index contributed by atoms with van der Waals surface area (Å²) < 4.78 is 6.19. The number of rotatable bonds is 3. The quantitative estimate of drug-likeness (QED) is 0.676. The van der Waals surface area contributed by atoms with E-state index >= 15 is 0 Å². The number of hydrogen-bond donors (Lipinski definition) is 2. The first-order chi connectivity index (χ1) is 7.74. The van der Waals surface area contributed by atoms with Crippen LogP contribution in [0.25, 0.3) is 0 Å².